The van der Waals surface area contributed by atoms with Crippen molar-refractivity contribution in [3.8, 4) is 5.75 Å². The fourth-order valence-corrected chi connectivity index (χ4v) is 2.69. The number of methoxy groups -OCH3 is 1. The molecule has 0 aliphatic rings. The predicted molar refractivity (Wildman–Crippen MR) is 81.8 cm³/mol. The predicted octanol–water partition coefficient (Wildman–Crippen LogP) is 3.48. The molecule has 0 saturated carbocycles. The molecule has 0 aromatic heterocycles. The van der Waals surface area contributed by atoms with Crippen molar-refractivity contribution in [3.63, 3.8) is 0 Å². The highest BCUT2D eigenvalue weighted by Gasteiger charge is 2.46. The van der Waals surface area contributed by atoms with E-state index in [1.165, 1.54) is 6.07 Å². The number of carbonyl (C=O) groups is 1. The van der Waals surface area contributed by atoms with Gasteiger partial charge >= 0.3 is 11.5 Å². The summed E-state index contributed by atoms with van der Waals surface area (Å²) >= 11 is 0. The van der Waals surface area contributed by atoms with E-state index < -0.39 is 32.0 Å². The zero-order valence-corrected chi connectivity index (χ0v) is 14.0. The minimum Gasteiger partial charge on any atom is -0.489 e. The second-order valence-electron chi connectivity index (χ2n) is 5.02. The van der Waals surface area contributed by atoms with Gasteiger partial charge in [0, 0.05) is 6.07 Å². The minimum atomic E-state index is -5.42. The first-order valence-corrected chi connectivity index (χ1v) is 8.45. The Labute approximate surface area is 146 Å². The largest absolute Gasteiger partial charge is 0.501 e. The third-order valence-corrected chi connectivity index (χ3v) is 4.79. The van der Waals surface area contributed by atoms with E-state index >= 15 is 0 Å². The Balaban J connectivity index is 2.09. The first-order chi connectivity index (χ1) is 12.1. The molecule has 10 heteroatoms. The maximum Gasteiger partial charge on any atom is 0.501 e. The van der Waals surface area contributed by atoms with Crippen molar-refractivity contribution in [2.75, 3.05) is 7.11 Å². The van der Waals surface area contributed by atoms with E-state index in [-0.39, 0.29) is 17.9 Å². The normalized spacial score (nSPS) is 11.9. The molecule has 140 valence electrons. The first-order valence-electron chi connectivity index (χ1n) is 6.97. The molecule has 0 amide bonds. The van der Waals surface area contributed by atoms with Crippen LogP contribution in [0.25, 0.3) is 0 Å². The Morgan fingerprint density at radius 1 is 1.08 bits per heavy atom. The molecule has 2 rings (SSSR count). The van der Waals surface area contributed by atoms with Crippen LogP contribution in [0, 0.1) is 5.82 Å². The van der Waals surface area contributed by atoms with Crippen molar-refractivity contribution in [2.45, 2.75) is 17.0 Å². The molecule has 0 heterocycles. The lowest BCUT2D eigenvalue weighted by atomic mass is 10.2. The van der Waals surface area contributed by atoms with Crippen LogP contribution < -0.4 is 4.74 Å². The number of ether oxygens (including phenoxy) is 2. The number of alkyl halides is 3. The second kappa shape index (κ2) is 7.32. The Morgan fingerprint density at radius 3 is 2.19 bits per heavy atom. The molecule has 2 aromatic carbocycles. The molecule has 0 aliphatic carbocycles. The number of benzene rings is 2. The number of esters is 1. The molecule has 0 saturated heterocycles. The van der Waals surface area contributed by atoms with Gasteiger partial charge < -0.3 is 9.47 Å². The van der Waals surface area contributed by atoms with E-state index in [4.69, 9.17) is 4.74 Å². The summed E-state index contributed by atoms with van der Waals surface area (Å²) in [5, 5.41) is 0. The van der Waals surface area contributed by atoms with Gasteiger partial charge in [0.15, 0.2) is 0 Å². The van der Waals surface area contributed by atoms with E-state index in [2.05, 4.69) is 4.74 Å². The molecule has 0 bridgehead atoms. The lowest BCUT2D eigenvalue weighted by Gasteiger charge is -2.10. The van der Waals surface area contributed by atoms with Crippen LogP contribution in [-0.2, 0) is 21.2 Å². The van der Waals surface area contributed by atoms with E-state index in [9.17, 15) is 30.8 Å². The molecule has 0 atom stereocenters. The SMILES string of the molecule is COC(=O)c1ccc(OCc2ccc(S(=O)(=O)C(F)(F)F)cc2)cc1F. The fraction of sp³-hybridized carbons (Fsp3) is 0.188. The molecule has 5 nitrogen and oxygen atoms in total. The van der Waals surface area contributed by atoms with Gasteiger partial charge in [0.1, 0.15) is 18.2 Å². The van der Waals surface area contributed by atoms with Crippen LogP contribution >= 0.6 is 0 Å². The van der Waals surface area contributed by atoms with Gasteiger partial charge in [-0.25, -0.2) is 17.6 Å². The molecule has 0 unspecified atom stereocenters. The summed E-state index contributed by atoms with van der Waals surface area (Å²) in [5.74, 6) is -1.64. The number of rotatable bonds is 5. The van der Waals surface area contributed by atoms with Crippen molar-refractivity contribution < 1.29 is 40.2 Å². The molecule has 0 aliphatic heterocycles. The summed E-state index contributed by atoms with van der Waals surface area (Å²) < 4.78 is 83.3. The van der Waals surface area contributed by atoms with Crippen molar-refractivity contribution in [3.05, 3.63) is 59.4 Å². The maximum absolute atomic E-state index is 13.8. The molecule has 2 aromatic rings. The monoisotopic (exact) mass is 392 g/mol. The average Bonchev–Trinajstić information content (AvgIpc) is 2.58. The molecule has 0 radical (unpaired) electrons. The number of carbonyl (C=O) groups excluding carboxylic acids is 1. The van der Waals surface area contributed by atoms with Gasteiger partial charge in [-0.1, -0.05) is 12.1 Å². The van der Waals surface area contributed by atoms with E-state index in [0.717, 1.165) is 43.5 Å². The van der Waals surface area contributed by atoms with Crippen LogP contribution in [0.3, 0.4) is 0 Å². The summed E-state index contributed by atoms with van der Waals surface area (Å²) in [6.45, 7) is -0.149. The van der Waals surface area contributed by atoms with E-state index in [1.54, 1.807) is 0 Å². The fourth-order valence-electron chi connectivity index (χ4n) is 1.93. The molecule has 26 heavy (non-hydrogen) atoms. The zero-order valence-electron chi connectivity index (χ0n) is 13.2. The van der Waals surface area contributed by atoms with Crippen LogP contribution in [0.4, 0.5) is 17.6 Å². The number of hydrogen-bond donors (Lipinski definition) is 0. The summed E-state index contributed by atoms with van der Waals surface area (Å²) in [7, 11) is -4.31. The summed E-state index contributed by atoms with van der Waals surface area (Å²) in [6.07, 6.45) is 0. The third kappa shape index (κ3) is 4.13. The Kier molecular flexibility index (Phi) is 5.55. The average molecular weight is 392 g/mol. The van der Waals surface area contributed by atoms with Gasteiger partial charge in [-0.2, -0.15) is 13.2 Å². The van der Waals surface area contributed by atoms with Crippen LogP contribution in [0.1, 0.15) is 15.9 Å². The maximum atomic E-state index is 13.8. The van der Waals surface area contributed by atoms with Crippen LogP contribution in [-0.4, -0.2) is 27.0 Å². The highest BCUT2D eigenvalue weighted by atomic mass is 32.2. The van der Waals surface area contributed by atoms with Gasteiger partial charge in [0.05, 0.1) is 17.6 Å². The molecular weight excluding hydrogens is 380 g/mol. The van der Waals surface area contributed by atoms with E-state index in [1.807, 2.05) is 0 Å². The van der Waals surface area contributed by atoms with Crippen molar-refractivity contribution in [1.29, 1.82) is 0 Å². The van der Waals surface area contributed by atoms with Crippen LogP contribution in [0.2, 0.25) is 0 Å². The molecule has 0 spiro atoms. The number of sulfone groups is 1. The topological polar surface area (TPSA) is 69.7 Å². The third-order valence-electron chi connectivity index (χ3n) is 3.29. The quantitative estimate of drug-likeness (QED) is 0.576. The van der Waals surface area contributed by atoms with Crippen molar-refractivity contribution in [1.82, 2.24) is 0 Å². The second-order valence-corrected chi connectivity index (χ2v) is 6.96. The Bertz CT molecular complexity index is 905. The Morgan fingerprint density at radius 2 is 1.69 bits per heavy atom. The lowest BCUT2D eigenvalue weighted by Crippen LogP contribution is -2.23. The first kappa shape index (κ1) is 19.7. The van der Waals surface area contributed by atoms with Crippen molar-refractivity contribution in [2.24, 2.45) is 0 Å². The van der Waals surface area contributed by atoms with Crippen LogP contribution in [0.15, 0.2) is 47.4 Å². The summed E-state index contributed by atoms with van der Waals surface area (Å²) in [5.41, 5.74) is -5.30. The Hall–Kier alpha value is -2.62. The summed E-state index contributed by atoms with van der Waals surface area (Å²) in [4.78, 5) is 10.4. The van der Waals surface area contributed by atoms with Gasteiger partial charge in [-0.05, 0) is 29.8 Å². The van der Waals surface area contributed by atoms with Gasteiger partial charge in [0.2, 0.25) is 0 Å². The molecule has 0 N–H and O–H groups in total. The van der Waals surface area contributed by atoms with E-state index in [0.29, 0.717) is 5.56 Å². The highest BCUT2D eigenvalue weighted by molar-refractivity contribution is 7.92. The molecule has 0 fully saturated rings. The zero-order chi connectivity index (χ0) is 19.5. The number of halogens is 4. The van der Waals surface area contributed by atoms with Gasteiger partial charge in [0.25, 0.3) is 9.84 Å². The standard InChI is InChI=1S/C16H12F4O5S/c1-24-15(21)13-7-4-11(8-14(13)17)25-9-10-2-5-12(6-3-10)26(22,23)16(18,19)20/h2-8H,9H2,1H3. The summed E-state index contributed by atoms with van der Waals surface area (Å²) in [6, 6.07) is 7.35. The van der Waals surface area contributed by atoms with Gasteiger partial charge in [-0.15, -0.1) is 0 Å². The lowest BCUT2D eigenvalue weighted by molar-refractivity contribution is -0.0436. The minimum absolute atomic E-state index is 0.0714. The highest BCUT2D eigenvalue weighted by Crippen LogP contribution is 2.30. The smallest absolute Gasteiger partial charge is 0.489 e. The van der Waals surface area contributed by atoms with Gasteiger partial charge in [-0.3, -0.25) is 0 Å². The number of hydrogen-bond acceptors (Lipinski definition) is 5. The molecular formula is C16H12F4O5S. The van der Waals surface area contributed by atoms with Crippen LogP contribution in [0.5, 0.6) is 5.75 Å². The van der Waals surface area contributed by atoms with Crippen molar-refractivity contribution >= 4 is 15.8 Å².